The predicted molar refractivity (Wildman–Crippen MR) is 93.9 cm³/mol. The summed E-state index contributed by atoms with van der Waals surface area (Å²) in [7, 11) is 1.30. The molecule has 7 heteroatoms. The Morgan fingerprint density at radius 2 is 1.52 bits per heavy atom. The molecule has 0 aliphatic rings. The Balaban J connectivity index is 1.87. The van der Waals surface area contributed by atoms with E-state index < -0.39 is 17.8 Å². The third-order valence-electron chi connectivity index (χ3n) is 3.16. The number of carbonyl (C=O) groups is 3. The number of esters is 1. The van der Waals surface area contributed by atoms with Crippen molar-refractivity contribution in [3.63, 3.8) is 0 Å². The molecule has 2 N–H and O–H groups in total. The molecule has 0 unspecified atom stereocenters. The molecule has 0 radical (unpaired) electrons. The number of ether oxygens (including phenoxy) is 1. The third kappa shape index (κ3) is 5.47. The number of hydrogen-bond donors (Lipinski definition) is 2. The van der Waals surface area contributed by atoms with Crippen LogP contribution in [0.3, 0.4) is 0 Å². The van der Waals surface area contributed by atoms with Crippen molar-refractivity contribution in [3.8, 4) is 0 Å². The van der Waals surface area contributed by atoms with Crippen molar-refractivity contribution in [2.75, 3.05) is 7.11 Å². The average molecular weight is 359 g/mol. The summed E-state index contributed by atoms with van der Waals surface area (Å²) in [6.07, 6.45) is 2.81. The van der Waals surface area contributed by atoms with E-state index in [9.17, 15) is 14.4 Å². The summed E-state index contributed by atoms with van der Waals surface area (Å²) in [4.78, 5) is 34.9. The summed E-state index contributed by atoms with van der Waals surface area (Å²) >= 11 is 5.74. The van der Waals surface area contributed by atoms with Gasteiger partial charge < -0.3 is 4.74 Å². The number of hydrogen-bond acceptors (Lipinski definition) is 4. The van der Waals surface area contributed by atoms with Crippen LogP contribution in [0.25, 0.3) is 6.08 Å². The smallest absolute Gasteiger partial charge is 0.337 e. The van der Waals surface area contributed by atoms with Crippen LogP contribution in [-0.2, 0) is 9.53 Å². The number of carbonyl (C=O) groups excluding carboxylic acids is 3. The molecule has 6 nitrogen and oxygen atoms in total. The largest absolute Gasteiger partial charge is 0.465 e. The van der Waals surface area contributed by atoms with E-state index in [1.54, 1.807) is 54.6 Å². The van der Waals surface area contributed by atoms with Gasteiger partial charge in [0, 0.05) is 16.7 Å². The Kier molecular flexibility index (Phi) is 6.31. The minimum Gasteiger partial charge on any atom is -0.465 e. The van der Waals surface area contributed by atoms with Crippen LogP contribution in [0.4, 0.5) is 0 Å². The van der Waals surface area contributed by atoms with E-state index in [-0.39, 0.29) is 0 Å². The Morgan fingerprint density at radius 1 is 0.920 bits per heavy atom. The second kappa shape index (κ2) is 8.65. The highest BCUT2D eigenvalue weighted by Gasteiger charge is 2.06. The highest BCUT2D eigenvalue weighted by Crippen LogP contribution is 2.09. The fourth-order valence-corrected chi connectivity index (χ4v) is 1.98. The van der Waals surface area contributed by atoms with E-state index in [1.165, 1.54) is 13.2 Å². The number of hydrazine groups is 1. The number of nitrogens with one attached hydrogen (secondary N) is 2. The van der Waals surface area contributed by atoms with Crippen LogP contribution < -0.4 is 10.9 Å². The SMILES string of the molecule is COC(=O)c1ccc(/C=C/C(=O)NNC(=O)c2ccc(Cl)cc2)cc1. The minimum atomic E-state index is -0.501. The van der Waals surface area contributed by atoms with Crippen LogP contribution in [0.5, 0.6) is 0 Å². The Labute approximate surface area is 149 Å². The van der Waals surface area contributed by atoms with Crippen molar-refractivity contribution in [1.29, 1.82) is 0 Å². The molecule has 2 aromatic carbocycles. The van der Waals surface area contributed by atoms with E-state index in [4.69, 9.17) is 11.6 Å². The lowest BCUT2D eigenvalue weighted by Crippen LogP contribution is -2.40. The van der Waals surface area contributed by atoms with Gasteiger partial charge in [-0.05, 0) is 48.0 Å². The van der Waals surface area contributed by atoms with Gasteiger partial charge in [0.2, 0.25) is 0 Å². The van der Waals surface area contributed by atoms with Gasteiger partial charge in [-0.3, -0.25) is 20.4 Å². The second-order valence-corrected chi connectivity index (χ2v) is 5.33. The monoisotopic (exact) mass is 358 g/mol. The summed E-state index contributed by atoms with van der Waals surface area (Å²) in [6, 6.07) is 12.8. The molecular formula is C18H15ClN2O4. The number of methoxy groups -OCH3 is 1. The first-order valence-electron chi connectivity index (χ1n) is 7.22. The van der Waals surface area contributed by atoms with Crippen molar-refractivity contribution < 1.29 is 19.1 Å². The number of benzene rings is 2. The van der Waals surface area contributed by atoms with Gasteiger partial charge in [0.05, 0.1) is 12.7 Å². The van der Waals surface area contributed by atoms with E-state index in [0.717, 1.165) is 0 Å². The first-order chi connectivity index (χ1) is 12.0. The molecule has 0 saturated heterocycles. The van der Waals surface area contributed by atoms with Crippen LogP contribution in [0.2, 0.25) is 5.02 Å². The standard InChI is InChI=1S/C18H15ClN2O4/c1-25-18(24)14-5-2-12(3-6-14)4-11-16(22)20-21-17(23)13-7-9-15(19)10-8-13/h2-11H,1H3,(H,20,22)(H,21,23)/b11-4+. The molecule has 0 saturated carbocycles. The molecule has 25 heavy (non-hydrogen) atoms. The number of amides is 2. The zero-order valence-electron chi connectivity index (χ0n) is 13.3. The normalized spacial score (nSPS) is 10.3. The van der Waals surface area contributed by atoms with Crippen molar-refractivity contribution in [3.05, 3.63) is 76.3 Å². The highest BCUT2D eigenvalue weighted by atomic mass is 35.5. The summed E-state index contributed by atoms with van der Waals surface area (Å²) in [5.74, 6) is -1.39. The maximum atomic E-state index is 11.8. The van der Waals surface area contributed by atoms with Crippen molar-refractivity contribution >= 4 is 35.5 Å². The van der Waals surface area contributed by atoms with Gasteiger partial charge >= 0.3 is 5.97 Å². The maximum absolute atomic E-state index is 11.8. The molecule has 0 atom stereocenters. The topological polar surface area (TPSA) is 84.5 Å². The van der Waals surface area contributed by atoms with Crippen molar-refractivity contribution in [2.45, 2.75) is 0 Å². The Hall–Kier alpha value is -3.12. The van der Waals surface area contributed by atoms with Crippen LogP contribution in [-0.4, -0.2) is 24.9 Å². The second-order valence-electron chi connectivity index (χ2n) is 4.90. The maximum Gasteiger partial charge on any atom is 0.337 e. The fourth-order valence-electron chi connectivity index (χ4n) is 1.85. The summed E-state index contributed by atoms with van der Waals surface area (Å²) in [5, 5.41) is 0.515. The molecule has 0 bridgehead atoms. The van der Waals surface area contributed by atoms with E-state index in [1.807, 2.05) is 0 Å². The van der Waals surface area contributed by atoms with E-state index in [0.29, 0.717) is 21.7 Å². The summed E-state index contributed by atoms with van der Waals surface area (Å²) in [6.45, 7) is 0. The molecule has 0 heterocycles. The summed E-state index contributed by atoms with van der Waals surface area (Å²) in [5.41, 5.74) is 6.06. The molecule has 0 aliphatic carbocycles. The zero-order valence-corrected chi connectivity index (χ0v) is 14.0. The summed E-state index contributed by atoms with van der Waals surface area (Å²) < 4.78 is 4.60. The fraction of sp³-hybridized carbons (Fsp3) is 0.0556. The highest BCUT2D eigenvalue weighted by molar-refractivity contribution is 6.30. The van der Waals surface area contributed by atoms with Crippen LogP contribution >= 0.6 is 11.6 Å². The molecule has 0 aliphatic heterocycles. The van der Waals surface area contributed by atoms with E-state index in [2.05, 4.69) is 15.6 Å². The molecule has 2 amide bonds. The molecule has 2 rings (SSSR count). The third-order valence-corrected chi connectivity index (χ3v) is 3.42. The van der Waals surface area contributed by atoms with Crippen LogP contribution in [0, 0.1) is 0 Å². The molecule has 128 valence electrons. The van der Waals surface area contributed by atoms with Gasteiger partial charge in [0.25, 0.3) is 11.8 Å². The quantitative estimate of drug-likeness (QED) is 0.500. The van der Waals surface area contributed by atoms with E-state index >= 15 is 0 Å². The lowest BCUT2D eigenvalue weighted by Gasteiger charge is -2.05. The van der Waals surface area contributed by atoms with Crippen LogP contribution in [0.15, 0.2) is 54.6 Å². The van der Waals surface area contributed by atoms with Gasteiger partial charge in [0.1, 0.15) is 0 Å². The van der Waals surface area contributed by atoms with Crippen molar-refractivity contribution in [2.24, 2.45) is 0 Å². The van der Waals surface area contributed by atoms with Gasteiger partial charge in [-0.25, -0.2) is 4.79 Å². The number of halogens is 1. The lowest BCUT2D eigenvalue weighted by molar-refractivity contribution is -0.117. The van der Waals surface area contributed by atoms with Gasteiger partial charge in [-0.15, -0.1) is 0 Å². The van der Waals surface area contributed by atoms with Crippen molar-refractivity contribution in [1.82, 2.24) is 10.9 Å². The predicted octanol–water partition coefficient (Wildman–Crippen LogP) is 2.60. The molecule has 2 aromatic rings. The Bertz CT molecular complexity index is 799. The van der Waals surface area contributed by atoms with Gasteiger partial charge in [-0.2, -0.15) is 0 Å². The average Bonchev–Trinajstić information content (AvgIpc) is 2.64. The minimum absolute atomic E-state index is 0.368. The molecule has 0 aromatic heterocycles. The van der Waals surface area contributed by atoms with Gasteiger partial charge in [0.15, 0.2) is 0 Å². The first kappa shape index (κ1) is 18.2. The first-order valence-corrected chi connectivity index (χ1v) is 7.60. The lowest BCUT2D eigenvalue weighted by atomic mass is 10.1. The zero-order chi connectivity index (χ0) is 18.2. The Morgan fingerprint density at radius 3 is 2.12 bits per heavy atom. The van der Waals surface area contributed by atoms with Crippen LogP contribution in [0.1, 0.15) is 26.3 Å². The molecule has 0 fully saturated rings. The van der Waals surface area contributed by atoms with Gasteiger partial charge in [-0.1, -0.05) is 23.7 Å². The number of rotatable bonds is 4. The molecule has 0 spiro atoms. The molecular weight excluding hydrogens is 344 g/mol.